The Morgan fingerprint density at radius 1 is 1.19 bits per heavy atom. The van der Waals surface area contributed by atoms with Gasteiger partial charge in [0.2, 0.25) is 11.8 Å². The Hall–Kier alpha value is -2.37. The lowest BCUT2D eigenvalue weighted by atomic mass is 9.96. The first-order valence-corrected chi connectivity index (χ1v) is 8.91. The van der Waals surface area contributed by atoms with Gasteiger partial charge in [0.05, 0.1) is 17.9 Å². The molecular formula is C20H22ClN3O2. The highest BCUT2D eigenvalue weighted by atomic mass is 35.5. The average molecular weight is 372 g/mol. The van der Waals surface area contributed by atoms with Crippen LogP contribution in [0.25, 0.3) is 0 Å². The molecule has 2 amide bonds. The second kappa shape index (κ2) is 7.09. The van der Waals surface area contributed by atoms with Crippen LogP contribution < -0.4 is 15.5 Å². The van der Waals surface area contributed by atoms with E-state index in [-0.39, 0.29) is 24.4 Å². The van der Waals surface area contributed by atoms with Gasteiger partial charge in [-0.1, -0.05) is 35.9 Å². The van der Waals surface area contributed by atoms with Gasteiger partial charge in [0.25, 0.3) is 0 Å². The predicted octanol–water partition coefficient (Wildman–Crippen LogP) is 3.75. The van der Waals surface area contributed by atoms with Gasteiger partial charge in [0, 0.05) is 11.1 Å². The summed E-state index contributed by atoms with van der Waals surface area (Å²) in [5.74, 6) is -0.353. The highest BCUT2D eigenvalue weighted by Gasteiger charge is 2.43. The molecule has 0 unspecified atom stereocenters. The van der Waals surface area contributed by atoms with E-state index in [9.17, 15) is 9.59 Å². The highest BCUT2D eigenvalue weighted by molar-refractivity contribution is 6.30. The number of fused-ring (bicyclic) bond motifs is 1. The highest BCUT2D eigenvalue weighted by Crippen LogP contribution is 2.36. The molecule has 136 valence electrons. The zero-order chi connectivity index (χ0) is 18.9. The zero-order valence-corrected chi connectivity index (χ0v) is 15.8. The first kappa shape index (κ1) is 18.4. The summed E-state index contributed by atoms with van der Waals surface area (Å²) in [7, 11) is 0. The molecule has 3 rings (SSSR count). The summed E-state index contributed by atoms with van der Waals surface area (Å²) in [6.45, 7) is 5.60. The number of halogens is 1. The van der Waals surface area contributed by atoms with Crippen molar-refractivity contribution in [3.05, 3.63) is 59.1 Å². The van der Waals surface area contributed by atoms with Gasteiger partial charge in [-0.25, -0.2) is 0 Å². The van der Waals surface area contributed by atoms with Crippen molar-refractivity contribution in [2.45, 2.75) is 32.4 Å². The Morgan fingerprint density at radius 3 is 2.54 bits per heavy atom. The van der Waals surface area contributed by atoms with Crippen LogP contribution in [0.3, 0.4) is 0 Å². The van der Waals surface area contributed by atoms with Gasteiger partial charge < -0.3 is 10.6 Å². The first-order valence-electron chi connectivity index (χ1n) is 8.53. The molecule has 2 N–H and O–H groups in total. The van der Waals surface area contributed by atoms with Crippen LogP contribution in [0.4, 0.5) is 11.4 Å². The average Bonchev–Trinajstić information content (AvgIpc) is 2.61. The Morgan fingerprint density at radius 2 is 1.85 bits per heavy atom. The summed E-state index contributed by atoms with van der Waals surface area (Å²) in [4.78, 5) is 27.0. The number of hydrogen-bond donors (Lipinski definition) is 2. The molecule has 5 nitrogen and oxygen atoms in total. The van der Waals surface area contributed by atoms with Crippen LogP contribution in [-0.2, 0) is 9.59 Å². The van der Waals surface area contributed by atoms with E-state index in [2.05, 4.69) is 10.6 Å². The lowest BCUT2D eigenvalue weighted by Crippen LogP contribution is -2.60. The minimum absolute atomic E-state index is 0.0202. The summed E-state index contributed by atoms with van der Waals surface area (Å²) in [5, 5.41) is 6.77. The Labute approximate surface area is 158 Å². The molecule has 6 heteroatoms. The van der Waals surface area contributed by atoms with Crippen molar-refractivity contribution in [2.24, 2.45) is 0 Å². The van der Waals surface area contributed by atoms with Gasteiger partial charge in [0.15, 0.2) is 0 Å². The summed E-state index contributed by atoms with van der Waals surface area (Å²) in [6.07, 6.45) is 0. The normalized spacial score (nSPS) is 16.6. The number of benzene rings is 2. The summed E-state index contributed by atoms with van der Waals surface area (Å²) >= 11 is 5.92. The molecule has 1 aliphatic heterocycles. The third-order valence-electron chi connectivity index (χ3n) is 4.69. The minimum Gasteiger partial charge on any atom is -0.322 e. The molecule has 0 bridgehead atoms. The Kier molecular flexibility index (Phi) is 5.03. The van der Waals surface area contributed by atoms with Crippen LogP contribution in [-0.4, -0.2) is 23.9 Å². The maximum absolute atomic E-state index is 13.0. The molecule has 0 aromatic heterocycles. The molecule has 1 atom stereocenters. The second-order valence-electron chi connectivity index (χ2n) is 6.91. The molecule has 0 saturated heterocycles. The van der Waals surface area contributed by atoms with Crippen LogP contribution in [0.15, 0.2) is 48.5 Å². The van der Waals surface area contributed by atoms with Crippen molar-refractivity contribution in [1.82, 2.24) is 5.32 Å². The van der Waals surface area contributed by atoms with Crippen LogP contribution in [0, 0.1) is 0 Å². The van der Waals surface area contributed by atoms with Crippen molar-refractivity contribution < 1.29 is 9.59 Å². The number of rotatable bonds is 4. The Balaban J connectivity index is 1.78. The van der Waals surface area contributed by atoms with E-state index in [0.29, 0.717) is 16.4 Å². The van der Waals surface area contributed by atoms with E-state index in [1.54, 1.807) is 24.8 Å². The fourth-order valence-corrected chi connectivity index (χ4v) is 3.21. The summed E-state index contributed by atoms with van der Waals surface area (Å²) in [5.41, 5.74) is 1.44. The van der Waals surface area contributed by atoms with Crippen molar-refractivity contribution in [3.8, 4) is 0 Å². The number of anilines is 2. The second-order valence-corrected chi connectivity index (χ2v) is 7.35. The standard InChI is InChI=1S/C20H22ClN3O2/c1-13(14-8-10-15(21)11-9-14)22-12-18(25)24-17-7-5-4-6-16(17)23-19(26)20(24,2)3/h4-11,13,22H,12H2,1-3H3,(H,23,26)/t13-/m1/s1. The lowest BCUT2D eigenvalue weighted by molar-refractivity contribution is -0.126. The van der Waals surface area contributed by atoms with Crippen LogP contribution in [0.2, 0.25) is 5.02 Å². The van der Waals surface area contributed by atoms with Gasteiger partial charge in [-0.3, -0.25) is 14.5 Å². The SMILES string of the molecule is C[C@@H](NCC(=O)N1c2ccccc2NC(=O)C1(C)C)c1ccc(Cl)cc1. The molecule has 1 heterocycles. The Bertz CT molecular complexity index is 833. The maximum atomic E-state index is 13.0. The quantitative estimate of drug-likeness (QED) is 0.860. The summed E-state index contributed by atoms with van der Waals surface area (Å²) in [6, 6.07) is 14.8. The summed E-state index contributed by atoms with van der Waals surface area (Å²) < 4.78 is 0. The molecule has 0 aliphatic carbocycles. The monoisotopic (exact) mass is 371 g/mol. The third kappa shape index (κ3) is 3.45. The fraction of sp³-hybridized carbons (Fsp3) is 0.300. The number of nitrogens with zero attached hydrogens (tertiary/aromatic N) is 1. The van der Waals surface area contributed by atoms with Crippen molar-refractivity contribution in [1.29, 1.82) is 0 Å². The fourth-order valence-electron chi connectivity index (χ4n) is 3.09. The van der Waals surface area contributed by atoms with Gasteiger partial charge in [-0.05, 0) is 50.6 Å². The molecule has 2 aromatic carbocycles. The zero-order valence-electron chi connectivity index (χ0n) is 15.0. The number of hydrogen-bond acceptors (Lipinski definition) is 3. The van der Waals surface area contributed by atoms with Gasteiger partial charge >= 0.3 is 0 Å². The molecule has 1 aliphatic rings. The lowest BCUT2D eigenvalue weighted by Gasteiger charge is -2.42. The van der Waals surface area contributed by atoms with Crippen LogP contribution in [0.1, 0.15) is 32.4 Å². The molecule has 26 heavy (non-hydrogen) atoms. The minimum atomic E-state index is -0.962. The van der Waals surface area contributed by atoms with E-state index in [0.717, 1.165) is 5.56 Å². The van der Waals surface area contributed by atoms with E-state index < -0.39 is 5.54 Å². The van der Waals surface area contributed by atoms with E-state index in [1.807, 2.05) is 49.4 Å². The van der Waals surface area contributed by atoms with E-state index in [1.165, 1.54) is 0 Å². The largest absolute Gasteiger partial charge is 0.322 e. The number of amides is 2. The van der Waals surface area contributed by atoms with Crippen LogP contribution in [0.5, 0.6) is 0 Å². The topological polar surface area (TPSA) is 61.4 Å². The number of carbonyl (C=O) groups is 2. The van der Waals surface area contributed by atoms with Crippen molar-refractivity contribution in [3.63, 3.8) is 0 Å². The van der Waals surface area contributed by atoms with E-state index in [4.69, 9.17) is 11.6 Å². The molecule has 2 aromatic rings. The molecule has 0 spiro atoms. The number of carbonyl (C=O) groups excluding carboxylic acids is 2. The van der Waals surface area contributed by atoms with Crippen molar-refractivity contribution in [2.75, 3.05) is 16.8 Å². The molecule has 0 fully saturated rings. The van der Waals surface area contributed by atoms with Gasteiger partial charge in [-0.15, -0.1) is 0 Å². The van der Waals surface area contributed by atoms with Crippen LogP contribution >= 0.6 is 11.6 Å². The smallest absolute Gasteiger partial charge is 0.250 e. The molecule has 0 radical (unpaired) electrons. The first-order chi connectivity index (χ1) is 12.3. The molecular weight excluding hydrogens is 350 g/mol. The van der Waals surface area contributed by atoms with Gasteiger partial charge in [-0.2, -0.15) is 0 Å². The van der Waals surface area contributed by atoms with Crippen molar-refractivity contribution >= 4 is 34.8 Å². The molecule has 0 saturated carbocycles. The van der Waals surface area contributed by atoms with E-state index >= 15 is 0 Å². The van der Waals surface area contributed by atoms with Gasteiger partial charge in [0.1, 0.15) is 5.54 Å². The maximum Gasteiger partial charge on any atom is 0.250 e. The third-order valence-corrected chi connectivity index (χ3v) is 4.94. The number of para-hydroxylation sites is 2. The number of nitrogens with one attached hydrogen (secondary N) is 2. The predicted molar refractivity (Wildman–Crippen MR) is 105 cm³/mol.